The van der Waals surface area contributed by atoms with Gasteiger partial charge in [-0.3, -0.25) is 4.79 Å². The first-order valence-electron chi connectivity index (χ1n) is 11.4. The van der Waals surface area contributed by atoms with E-state index >= 15 is 0 Å². The Morgan fingerprint density at radius 1 is 1.22 bits per heavy atom. The standard InChI is InChI=1S/C25H31N5O5S/c1-7-8-34-14-30-12-17(11-26)22-23(27-25(28-24(22)30)36-13-21(31)29(3)4)18-10-20(35-15-32-5)19(33-6)9-16(18)2/h9-10,12H,7-8,13-15H2,1-6H3. The number of nitrogens with zero attached hydrogens (tertiary/aromatic N) is 5. The minimum atomic E-state index is -0.0551. The number of hydrogen-bond donors (Lipinski definition) is 0. The molecule has 0 aliphatic rings. The van der Waals surface area contributed by atoms with Crippen molar-refractivity contribution in [1.29, 1.82) is 5.26 Å². The van der Waals surface area contributed by atoms with Crippen molar-refractivity contribution in [2.24, 2.45) is 0 Å². The zero-order chi connectivity index (χ0) is 26.2. The molecule has 11 heteroatoms. The Balaban J connectivity index is 2.23. The number of carbonyl (C=O) groups excluding carboxylic acids is 1. The smallest absolute Gasteiger partial charge is 0.232 e. The van der Waals surface area contributed by atoms with Gasteiger partial charge in [-0.1, -0.05) is 18.7 Å². The predicted molar refractivity (Wildman–Crippen MR) is 137 cm³/mol. The number of carbonyl (C=O) groups is 1. The van der Waals surface area contributed by atoms with Gasteiger partial charge in [0.25, 0.3) is 0 Å². The van der Waals surface area contributed by atoms with Crippen LogP contribution < -0.4 is 9.47 Å². The summed E-state index contributed by atoms with van der Waals surface area (Å²) in [7, 11) is 6.51. The molecule has 0 atom stereocenters. The van der Waals surface area contributed by atoms with Crippen molar-refractivity contribution in [2.75, 3.05) is 47.5 Å². The summed E-state index contributed by atoms with van der Waals surface area (Å²) < 4.78 is 23.8. The number of hydrogen-bond acceptors (Lipinski definition) is 9. The first-order chi connectivity index (χ1) is 17.3. The highest BCUT2D eigenvalue weighted by Gasteiger charge is 2.22. The van der Waals surface area contributed by atoms with E-state index in [1.807, 2.05) is 26.0 Å². The Kier molecular flexibility index (Phi) is 9.52. The molecular formula is C25H31N5O5S. The van der Waals surface area contributed by atoms with Crippen LogP contribution in [0.2, 0.25) is 0 Å². The molecule has 0 bridgehead atoms. The lowest BCUT2D eigenvalue weighted by molar-refractivity contribution is -0.125. The summed E-state index contributed by atoms with van der Waals surface area (Å²) in [4.78, 5) is 23.3. The van der Waals surface area contributed by atoms with Crippen LogP contribution in [0.5, 0.6) is 11.5 Å². The Hall–Kier alpha value is -3.33. The minimum absolute atomic E-state index is 0.0420. The lowest BCUT2D eigenvalue weighted by Crippen LogP contribution is -2.23. The van der Waals surface area contributed by atoms with Gasteiger partial charge in [-0.25, -0.2) is 9.97 Å². The Morgan fingerprint density at radius 2 is 2.00 bits per heavy atom. The maximum Gasteiger partial charge on any atom is 0.232 e. The number of fused-ring (bicyclic) bond motifs is 1. The maximum absolute atomic E-state index is 12.2. The van der Waals surface area contributed by atoms with Crippen LogP contribution in [0.25, 0.3) is 22.3 Å². The zero-order valence-electron chi connectivity index (χ0n) is 21.5. The van der Waals surface area contributed by atoms with Crippen LogP contribution >= 0.6 is 11.8 Å². The van der Waals surface area contributed by atoms with Gasteiger partial charge in [0.2, 0.25) is 5.91 Å². The molecule has 0 spiro atoms. The summed E-state index contributed by atoms with van der Waals surface area (Å²) in [5.41, 5.74) is 3.17. The SMILES string of the molecule is CCCOCn1cc(C#N)c2c(-c3cc(OCOC)c(OC)cc3C)nc(SCC(=O)N(C)C)nc21. The molecule has 2 aromatic heterocycles. The van der Waals surface area contributed by atoms with Crippen molar-refractivity contribution in [1.82, 2.24) is 19.4 Å². The van der Waals surface area contributed by atoms with E-state index in [4.69, 9.17) is 28.9 Å². The highest BCUT2D eigenvalue weighted by atomic mass is 32.2. The van der Waals surface area contributed by atoms with Gasteiger partial charge in [-0.05, 0) is 31.0 Å². The number of amides is 1. The second-order valence-electron chi connectivity index (χ2n) is 8.16. The number of methoxy groups -OCH3 is 2. The molecule has 0 fully saturated rings. The van der Waals surface area contributed by atoms with Gasteiger partial charge in [0, 0.05) is 39.6 Å². The van der Waals surface area contributed by atoms with Crippen molar-refractivity contribution in [3.8, 4) is 28.8 Å². The fourth-order valence-electron chi connectivity index (χ4n) is 3.48. The summed E-state index contributed by atoms with van der Waals surface area (Å²) in [6.07, 6.45) is 2.59. The number of benzene rings is 1. The van der Waals surface area contributed by atoms with Crippen molar-refractivity contribution in [3.63, 3.8) is 0 Å². The number of ether oxygens (including phenoxy) is 4. The van der Waals surface area contributed by atoms with E-state index in [1.165, 1.54) is 23.8 Å². The molecule has 2 heterocycles. The Morgan fingerprint density at radius 3 is 2.64 bits per heavy atom. The van der Waals surface area contributed by atoms with Gasteiger partial charge in [0.05, 0.1) is 29.5 Å². The third kappa shape index (κ3) is 6.07. The maximum atomic E-state index is 12.2. The summed E-state index contributed by atoms with van der Waals surface area (Å²) in [6.45, 7) is 4.83. The molecule has 192 valence electrons. The normalized spacial score (nSPS) is 10.9. The van der Waals surface area contributed by atoms with Crippen molar-refractivity contribution >= 4 is 28.7 Å². The molecule has 0 radical (unpaired) electrons. The van der Waals surface area contributed by atoms with Crippen molar-refractivity contribution < 1.29 is 23.7 Å². The van der Waals surface area contributed by atoms with Crippen LogP contribution in [0.3, 0.4) is 0 Å². The molecular weight excluding hydrogens is 482 g/mol. The number of rotatable bonds is 12. The summed E-state index contributed by atoms with van der Waals surface area (Å²) >= 11 is 1.24. The average Bonchev–Trinajstić information content (AvgIpc) is 3.23. The van der Waals surface area contributed by atoms with E-state index < -0.39 is 0 Å². The van der Waals surface area contributed by atoms with Crippen LogP contribution in [-0.4, -0.2) is 72.8 Å². The third-order valence-corrected chi connectivity index (χ3v) is 6.15. The molecule has 1 amide bonds. The summed E-state index contributed by atoms with van der Waals surface area (Å²) in [5.74, 6) is 1.16. The van der Waals surface area contributed by atoms with Crippen LogP contribution in [0.15, 0.2) is 23.5 Å². The topological polar surface area (TPSA) is 112 Å². The lowest BCUT2D eigenvalue weighted by atomic mass is 10.0. The van der Waals surface area contributed by atoms with E-state index in [1.54, 1.807) is 32.0 Å². The molecule has 0 saturated carbocycles. The minimum Gasteiger partial charge on any atom is -0.493 e. The van der Waals surface area contributed by atoms with Gasteiger partial charge in [-0.2, -0.15) is 5.26 Å². The number of aryl methyl sites for hydroxylation is 1. The van der Waals surface area contributed by atoms with Crippen molar-refractivity contribution in [3.05, 3.63) is 29.5 Å². The van der Waals surface area contributed by atoms with Gasteiger partial charge in [0.15, 0.2) is 23.4 Å². The molecule has 0 saturated heterocycles. The number of aromatic nitrogens is 3. The van der Waals surface area contributed by atoms with E-state index in [-0.39, 0.29) is 25.2 Å². The number of thioether (sulfide) groups is 1. The highest BCUT2D eigenvalue weighted by Crippen LogP contribution is 2.39. The number of nitriles is 1. The predicted octanol–water partition coefficient (Wildman–Crippen LogP) is 3.83. The van der Waals surface area contributed by atoms with Crippen molar-refractivity contribution in [2.45, 2.75) is 32.2 Å². The Labute approximate surface area is 215 Å². The van der Waals surface area contributed by atoms with Crippen LogP contribution in [0.4, 0.5) is 0 Å². The fraction of sp³-hybridized carbons (Fsp3) is 0.440. The van der Waals surface area contributed by atoms with E-state index in [0.29, 0.717) is 45.6 Å². The average molecular weight is 514 g/mol. The monoisotopic (exact) mass is 513 g/mol. The van der Waals surface area contributed by atoms with Crippen LogP contribution in [-0.2, 0) is 21.0 Å². The van der Waals surface area contributed by atoms with E-state index in [9.17, 15) is 10.1 Å². The van der Waals surface area contributed by atoms with Gasteiger partial charge < -0.3 is 28.4 Å². The summed E-state index contributed by atoms with van der Waals surface area (Å²) in [6, 6.07) is 5.94. The molecule has 3 rings (SSSR count). The Bertz CT molecular complexity index is 1270. The quantitative estimate of drug-likeness (QED) is 0.154. The van der Waals surface area contributed by atoms with Gasteiger partial charge in [0.1, 0.15) is 18.4 Å². The second kappa shape index (κ2) is 12.6. The molecule has 3 aromatic rings. The molecule has 1 aromatic carbocycles. The molecule has 0 N–H and O–H groups in total. The molecule has 0 unspecified atom stereocenters. The molecule has 10 nitrogen and oxygen atoms in total. The van der Waals surface area contributed by atoms with E-state index in [0.717, 1.165) is 17.5 Å². The fourth-order valence-corrected chi connectivity index (χ4v) is 4.30. The second-order valence-corrected chi connectivity index (χ2v) is 9.10. The van der Waals surface area contributed by atoms with E-state index in [2.05, 4.69) is 6.07 Å². The molecule has 36 heavy (non-hydrogen) atoms. The lowest BCUT2D eigenvalue weighted by Gasteiger charge is -2.15. The van der Waals surface area contributed by atoms with Gasteiger partial charge in [-0.15, -0.1) is 0 Å². The zero-order valence-corrected chi connectivity index (χ0v) is 22.3. The first-order valence-corrected chi connectivity index (χ1v) is 12.4. The summed E-state index contributed by atoms with van der Waals surface area (Å²) in [5, 5.41) is 11.0. The van der Waals surface area contributed by atoms with Gasteiger partial charge >= 0.3 is 0 Å². The highest BCUT2D eigenvalue weighted by molar-refractivity contribution is 7.99. The molecule has 0 aliphatic heterocycles. The largest absolute Gasteiger partial charge is 0.493 e. The third-order valence-electron chi connectivity index (χ3n) is 5.32. The molecule has 0 aliphatic carbocycles. The van der Waals surface area contributed by atoms with Crippen LogP contribution in [0.1, 0.15) is 24.5 Å². The first kappa shape index (κ1) is 27.3. The van der Waals surface area contributed by atoms with Crippen LogP contribution in [0, 0.1) is 18.3 Å².